The number of halogens is 1. The maximum Gasteiger partial charge on any atom is 0.261 e. The van der Waals surface area contributed by atoms with Crippen LogP contribution in [-0.2, 0) is 29.7 Å². The van der Waals surface area contributed by atoms with Crippen LogP contribution in [0.2, 0.25) is 5.02 Å². The molecule has 1 N–H and O–H groups in total. The fourth-order valence-corrected chi connectivity index (χ4v) is 8.55. The minimum absolute atomic E-state index is 0.00239. The average Bonchev–Trinajstić information content (AvgIpc) is 2.95. The van der Waals surface area contributed by atoms with Crippen molar-refractivity contribution in [2.75, 3.05) is 16.2 Å². The van der Waals surface area contributed by atoms with Gasteiger partial charge in [-0.15, -0.1) is 0 Å². The van der Waals surface area contributed by atoms with E-state index < -0.39 is 40.7 Å². The third-order valence-electron chi connectivity index (χ3n) is 4.15. The van der Waals surface area contributed by atoms with E-state index in [0.29, 0.717) is 5.02 Å². The van der Waals surface area contributed by atoms with Crippen molar-refractivity contribution in [2.45, 2.75) is 21.5 Å². The molecule has 1 atom stereocenters. The molecule has 0 aliphatic carbocycles. The Morgan fingerprint density at radius 1 is 0.963 bits per heavy atom. The average molecular weight is 450 g/mol. The van der Waals surface area contributed by atoms with Gasteiger partial charge >= 0.3 is 0 Å². The van der Waals surface area contributed by atoms with Crippen LogP contribution >= 0.6 is 11.6 Å². The quantitative estimate of drug-likeness (QED) is 0.747. The van der Waals surface area contributed by atoms with Crippen LogP contribution < -0.4 is 4.72 Å². The Balaban J connectivity index is 1.93. The van der Waals surface area contributed by atoms with Gasteiger partial charge in [-0.1, -0.05) is 23.7 Å². The van der Waals surface area contributed by atoms with Gasteiger partial charge in [-0.25, -0.2) is 25.3 Å². The zero-order chi connectivity index (χ0) is 19.9. The Morgan fingerprint density at radius 3 is 2.26 bits per heavy atom. The molecule has 0 saturated carbocycles. The standard InChI is InChI=1S/C16H16ClNO6S3/c17-12-3-1-4-13(9-12)18-27(23,24)15-6-2-5-14(10-15)26(21,22)16-7-8-25(19,20)11-16/h1-6,9-10,16,18H,7-8,11H2/t16-/m1/s1. The van der Waals surface area contributed by atoms with E-state index >= 15 is 0 Å². The number of sulfonamides is 1. The summed E-state index contributed by atoms with van der Waals surface area (Å²) >= 11 is 5.84. The number of benzene rings is 2. The van der Waals surface area contributed by atoms with Crippen molar-refractivity contribution in [3.05, 3.63) is 53.6 Å². The molecule has 1 saturated heterocycles. The van der Waals surface area contributed by atoms with Gasteiger partial charge in [0.2, 0.25) is 0 Å². The van der Waals surface area contributed by atoms with Gasteiger partial charge in [-0.2, -0.15) is 0 Å². The summed E-state index contributed by atoms with van der Waals surface area (Å²) in [6.45, 7) is 0. The summed E-state index contributed by atoms with van der Waals surface area (Å²) in [4.78, 5) is -0.469. The molecular formula is C16H16ClNO6S3. The maximum absolute atomic E-state index is 12.7. The Bertz CT molecular complexity index is 1190. The Hall–Kier alpha value is -1.62. The van der Waals surface area contributed by atoms with Gasteiger partial charge in [-0.3, -0.25) is 4.72 Å². The van der Waals surface area contributed by atoms with Crippen LogP contribution in [0.3, 0.4) is 0 Å². The van der Waals surface area contributed by atoms with Gasteiger partial charge < -0.3 is 0 Å². The largest absolute Gasteiger partial charge is 0.280 e. The molecule has 0 bridgehead atoms. The van der Waals surface area contributed by atoms with Gasteiger partial charge in [0.05, 0.1) is 32.2 Å². The highest BCUT2D eigenvalue weighted by Crippen LogP contribution is 2.27. The second kappa shape index (κ2) is 7.08. The number of rotatable bonds is 5. The smallest absolute Gasteiger partial charge is 0.261 e. The van der Waals surface area contributed by atoms with E-state index in [9.17, 15) is 25.3 Å². The fourth-order valence-electron chi connectivity index (χ4n) is 2.78. The molecule has 0 unspecified atom stereocenters. The van der Waals surface area contributed by atoms with Crippen LogP contribution in [0.4, 0.5) is 5.69 Å². The van der Waals surface area contributed by atoms with Crippen molar-refractivity contribution < 1.29 is 25.3 Å². The maximum atomic E-state index is 12.7. The summed E-state index contributed by atoms with van der Waals surface area (Å²) in [6.07, 6.45) is 0.00239. The lowest BCUT2D eigenvalue weighted by molar-refractivity contribution is 0.582. The second-order valence-corrected chi connectivity index (χ2v) is 12.7. The van der Waals surface area contributed by atoms with Crippen LogP contribution in [0.25, 0.3) is 0 Å². The number of hydrogen-bond donors (Lipinski definition) is 1. The first-order chi connectivity index (χ1) is 12.5. The molecule has 1 heterocycles. The van der Waals surface area contributed by atoms with E-state index in [4.69, 9.17) is 11.6 Å². The zero-order valence-electron chi connectivity index (χ0n) is 13.9. The molecule has 1 aliphatic rings. The fraction of sp³-hybridized carbons (Fsp3) is 0.250. The first kappa shape index (κ1) is 20.1. The number of nitrogens with one attached hydrogen (secondary N) is 1. The molecule has 3 rings (SSSR count). The van der Waals surface area contributed by atoms with Gasteiger partial charge in [0.25, 0.3) is 10.0 Å². The molecule has 0 aromatic heterocycles. The van der Waals surface area contributed by atoms with Crippen LogP contribution in [-0.4, -0.2) is 42.0 Å². The van der Waals surface area contributed by atoms with E-state index in [1.54, 1.807) is 12.1 Å². The number of sulfone groups is 2. The highest BCUT2D eigenvalue weighted by molar-refractivity contribution is 7.96. The normalized spacial score (nSPS) is 19.7. The monoisotopic (exact) mass is 449 g/mol. The van der Waals surface area contributed by atoms with Crippen LogP contribution in [0.1, 0.15) is 6.42 Å². The molecule has 0 amide bonds. The summed E-state index contributed by atoms with van der Waals surface area (Å²) in [5.74, 6) is -0.641. The Labute approximate surface area is 163 Å². The van der Waals surface area contributed by atoms with Crippen LogP contribution in [0, 0.1) is 0 Å². The third kappa shape index (κ3) is 4.45. The molecule has 2 aromatic rings. The first-order valence-corrected chi connectivity index (χ1v) is 13.1. The summed E-state index contributed by atoms with van der Waals surface area (Å²) in [7, 11) is -11.4. The lowest BCUT2D eigenvalue weighted by Crippen LogP contribution is -2.23. The molecule has 1 fully saturated rings. The lowest BCUT2D eigenvalue weighted by Gasteiger charge is -2.12. The topological polar surface area (TPSA) is 114 Å². The predicted octanol–water partition coefficient (Wildman–Crippen LogP) is 2.10. The van der Waals surface area contributed by atoms with E-state index in [0.717, 1.165) is 6.07 Å². The minimum atomic E-state index is -4.05. The highest BCUT2D eigenvalue weighted by Gasteiger charge is 2.38. The Kier molecular flexibility index (Phi) is 5.28. The van der Waals surface area contributed by atoms with Crippen LogP contribution in [0.5, 0.6) is 0 Å². The van der Waals surface area contributed by atoms with Crippen molar-refractivity contribution in [1.29, 1.82) is 0 Å². The molecular weight excluding hydrogens is 434 g/mol. The van der Waals surface area contributed by atoms with Crippen molar-refractivity contribution in [2.24, 2.45) is 0 Å². The van der Waals surface area contributed by atoms with Gasteiger partial charge in [0.1, 0.15) is 0 Å². The third-order valence-corrected chi connectivity index (χ3v) is 9.93. The molecule has 0 radical (unpaired) electrons. The van der Waals surface area contributed by atoms with Gasteiger partial charge in [-0.05, 0) is 42.8 Å². The molecule has 27 heavy (non-hydrogen) atoms. The van der Waals surface area contributed by atoms with E-state index in [-0.39, 0.29) is 27.7 Å². The molecule has 0 spiro atoms. The second-order valence-electron chi connectivity index (χ2n) is 6.16. The summed E-state index contributed by atoms with van der Waals surface area (Å²) < 4.78 is 76.1. The molecule has 11 heteroatoms. The predicted molar refractivity (Wildman–Crippen MR) is 103 cm³/mol. The van der Waals surface area contributed by atoms with E-state index in [1.165, 1.54) is 30.3 Å². The SMILES string of the molecule is O=S1(=O)CC[C@@H](S(=O)(=O)c2cccc(S(=O)(=O)Nc3cccc(Cl)c3)c2)C1. The molecule has 1 aliphatic heterocycles. The zero-order valence-corrected chi connectivity index (χ0v) is 17.1. The summed E-state index contributed by atoms with van der Waals surface area (Å²) in [6, 6.07) is 11.0. The summed E-state index contributed by atoms with van der Waals surface area (Å²) in [5.41, 5.74) is 0.234. The van der Waals surface area contributed by atoms with Crippen molar-refractivity contribution in [3.8, 4) is 0 Å². The highest BCUT2D eigenvalue weighted by atomic mass is 35.5. The summed E-state index contributed by atoms with van der Waals surface area (Å²) in [5, 5.41) is -0.727. The number of anilines is 1. The Morgan fingerprint density at radius 2 is 1.63 bits per heavy atom. The lowest BCUT2D eigenvalue weighted by atomic mass is 10.3. The number of hydrogen-bond acceptors (Lipinski definition) is 6. The van der Waals surface area contributed by atoms with Gasteiger partial charge in [0, 0.05) is 5.02 Å². The van der Waals surface area contributed by atoms with Gasteiger partial charge in [0.15, 0.2) is 19.7 Å². The first-order valence-electron chi connectivity index (χ1n) is 7.82. The van der Waals surface area contributed by atoms with Crippen molar-refractivity contribution >= 4 is 47.0 Å². The van der Waals surface area contributed by atoms with E-state index in [1.807, 2.05) is 0 Å². The molecule has 2 aromatic carbocycles. The molecule has 7 nitrogen and oxygen atoms in total. The van der Waals surface area contributed by atoms with E-state index in [2.05, 4.69) is 4.72 Å². The van der Waals surface area contributed by atoms with Crippen molar-refractivity contribution in [1.82, 2.24) is 0 Å². The molecule has 146 valence electrons. The van der Waals surface area contributed by atoms with Crippen molar-refractivity contribution in [3.63, 3.8) is 0 Å². The minimum Gasteiger partial charge on any atom is -0.280 e. The van der Waals surface area contributed by atoms with Crippen LogP contribution in [0.15, 0.2) is 58.3 Å².